The van der Waals surface area contributed by atoms with E-state index in [4.69, 9.17) is 15.0 Å². The summed E-state index contributed by atoms with van der Waals surface area (Å²) in [5, 5.41) is 9.63. The van der Waals surface area contributed by atoms with Gasteiger partial charge in [0, 0.05) is 53.5 Å². The lowest BCUT2D eigenvalue weighted by molar-refractivity contribution is 1.08. The summed E-state index contributed by atoms with van der Waals surface area (Å²) < 4.78 is 2.53. The summed E-state index contributed by atoms with van der Waals surface area (Å²) >= 11 is 1.81. The quantitative estimate of drug-likeness (QED) is 0.181. The van der Waals surface area contributed by atoms with Crippen molar-refractivity contribution in [2.24, 2.45) is 0 Å². The number of thiophene rings is 1. The van der Waals surface area contributed by atoms with Gasteiger partial charge >= 0.3 is 0 Å². The molecule has 0 spiro atoms. The monoisotopic (exact) mass is 730 g/mol. The first-order valence-electron chi connectivity index (χ1n) is 18.8. The maximum absolute atomic E-state index is 5.21. The Labute approximate surface area is 326 Å². The van der Waals surface area contributed by atoms with Gasteiger partial charge < -0.3 is 4.90 Å². The van der Waals surface area contributed by atoms with Crippen LogP contribution in [0.4, 0.5) is 17.1 Å². The molecule has 0 saturated carbocycles. The normalized spacial score (nSPS) is 12.2. The Hall–Kier alpha value is -7.21. The van der Waals surface area contributed by atoms with Gasteiger partial charge in [0.05, 0.1) is 11.4 Å². The third-order valence-electron chi connectivity index (χ3n) is 11.2. The Morgan fingerprint density at radius 1 is 0.357 bits per heavy atom. The van der Waals surface area contributed by atoms with Gasteiger partial charge in [-0.1, -0.05) is 127 Å². The fourth-order valence-electron chi connectivity index (χ4n) is 8.58. The molecule has 0 N–H and O–H groups in total. The van der Waals surface area contributed by atoms with Crippen molar-refractivity contribution in [3.05, 3.63) is 182 Å². The predicted octanol–water partition coefficient (Wildman–Crippen LogP) is 14.2. The highest BCUT2D eigenvalue weighted by Crippen LogP contribution is 2.52. The summed E-state index contributed by atoms with van der Waals surface area (Å²) in [5.74, 6) is 1.96. The Bertz CT molecular complexity index is 3380. The van der Waals surface area contributed by atoms with Gasteiger partial charge in [0.2, 0.25) is 0 Å². The van der Waals surface area contributed by atoms with Crippen molar-refractivity contribution in [1.82, 2.24) is 15.0 Å². The van der Waals surface area contributed by atoms with Crippen LogP contribution in [0.25, 0.3) is 97.8 Å². The zero-order chi connectivity index (χ0) is 36.7. The van der Waals surface area contributed by atoms with E-state index in [1.165, 1.54) is 64.2 Å². The van der Waals surface area contributed by atoms with Crippen LogP contribution in [0, 0.1) is 0 Å². The summed E-state index contributed by atoms with van der Waals surface area (Å²) in [6, 6.07) is 65.2. The van der Waals surface area contributed by atoms with E-state index in [0.717, 1.165) is 33.2 Å². The second-order valence-electron chi connectivity index (χ2n) is 14.4. The van der Waals surface area contributed by atoms with Crippen LogP contribution in [0.2, 0.25) is 0 Å². The van der Waals surface area contributed by atoms with Crippen LogP contribution < -0.4 is 4.90 Å². The molecule has 0 atom stereocenters. The molecule has 1 aliphatic rings. The zero-order valence-electron chi connectivity index (χ0n) is 30.0. The number of aromatic nitrogens is 3. The fraction of sp³-hybridized carbons (Fsp3) is 0. The molecule has 56 heavy (non-hydrogen) atoms. The second kappa shape index (κ2) is 12.2. The number of nitrogens with zero attached hydrogens (tertiary/aromatic N) is 4. The standard InChI is InChI=1S/C51H30N4S/c1-2-11-32(12-3-1)49-52-50(36-23-26-47-43(29-36)39-18-6-7-22-46(39)56-47)54-51(53-49)41-20-9-17-35-27-37(24-25-38(35)41)55-44-21-10-16-31-15-8-19-40(48(31)44)42-28-33-13-4-5-14-34(33)30-45(42)55/h1-30H. The van der Waals surface area contributed by atoms with Crippen LogP contribution >= 0.6 is 11.3 Å². The molecule has 0 saturated heterocycles. The Balaban J connectivity index is 1.04. The predicted molar refractivity (Wildman–Crippen MR) is 235 cm³/mol. The molecule has 9 aromatic carbocycles. The number of hydrogen-bond donors (Lipinski definition) is 0. The molecule has 5 heteroatoms. The summed E-state index contributed by atoms with van der Waals surface area (Å²) in [5.41, 5.74) is 8.85. The molecule has 0 aliphatic carbocycles. The van der Waals surface area contributed by atoms with Crippen molar-refractivity contribution in [2.75, 3.05) is 4.90 Å². The summed E-state index contributed by atoms with van der Waals surface area (Å²) in [4.78, 5) is 17.9. The molecule has 1 aliphatic heterocycles. The average Bonchev–Trinajstić information content (AvgIpc) is 3.64. The van der Waals surface area contributed by atoms with Gasteiger partial charge in [0.1, 0.15) is 0 Å². The highest BCUT2D eigenvalue weighted by Gasteiger charge is 2.27. The van der Waals surface area contributed by atoms with E-state index < -0.39 is 0 Å². The summed E-state index contributed by atoms with van der Waals surface area (Å²) in [6.07, 6.45) is 0. The largest absolute Gasteiger partial charge is 0.309 e. The van der Waals surface area contributed by atoms with Crippen molar-refractivity contribution in [3.8, 4) is 45.3 Å². The lowest BCUT2D eigenvalue weighted by Gasteiger charge is -2.34. The molecule has 4 nitrogen and oxygen atoms in total. The van der Waals surface area contributed by atoms with Crippen LogP contribution in [0.15, 0.2) is 182 Å². The van der Waals surface area contributed by atoms with Crippen LogP contribution in [0.5, 0.6) is 0 Å². The minimum atomic E-state index is 0.649. The smallest absolute Gasteiger partial charge is 0.164 e. The van der Waals surface area contributed by atoms with E-state index in [1.54, 1.807) is 0 Å². The van der Waals surface area contributed by atoms with Crippen LogP contribution in [0.3, 0.4) is 0 Å². The van der Waals surface area contributed by atoms with Gasteiger partial charge in [-0.2, -0.15) is 0 Å². The van der Waals surface area contributed by atoms with E-state index in [9.17, 15) is 0 Å². The Morgan fingerprint density at radius 2 is 1.04 bits per heavy atom. The maximum atomic E-state index is 5.21. The number of benzene rings is 9. The summed E-state index contributed by atoms with van der Waals surface area (Å²) in [6.45, 7) is 0. The van der Waals surface area contributed by atoms with Gasteiger partial charge in [0.15, 0.2) is 17.5 Å². The maximum Gasteiger partial charge on any atom is 0.164 e. The van der Waals surface area contributed by atoms with Gasteiger partial charge in [-0.25, -0.2) is 15.0 Å². The fourth-order valence-corrected chi connectivity index (χ4v) is 9.67. The molecule has 2 aromatic heterocycles. The molecular formula is C51H30N4S. The van der Waals surface area contributed by atoms with E-state index in [2.05, 4.69) is 169 Å². The third-order valence-corrected chi connectivity index (χ3v) is 12.3. The van der Waals surface area contributed by atoms with Crippen LogP contribution in [0.1, 0.15) is 0 Å². The Kier molecular flexibility index (Phi) is 6.76. The van der Waals surface area contributed by atoms with Gasteiger partial charge in [-0.05, 0) is 87.1 Å². The van der Waals surface area contributed by atoms with Crippen LogP contribution in [-0.2, 0) is 0 Å². The minimum Gasteiger partial charge on any atom is -0.309 e. The van der Waals surface area contributed by atoms with Gasteiger partial charge in [-0.3, -0.25) is 0 Å². The molecule has 12 rings (SSSR count). The number of rotatable bonds is 4. The lowest BCUT2D eigenvalue weighted by atomic mass is 9.89. The van der Waals surface area contributed by atoms with Gasteiger partial charge in [-0.15, -0.1) is 11.3 Å². The lowest BCUT2D eigenvalue weighted by Crippen LogP contribution is -2.15. The Morgan fingerprint density at radius 3 is 1.91 bits per heavy atom. The molecule has 11 aromatic rings. The first-order valence-corrected chi connectivity index (χ1v) is 19.7. The third kappa shape index (κ3) is 4.81. The molecule has 0 unspecified atom stereocenters. The molecule has 260 valence electrons. The number of anilines is 3. The molecular weight excluding hydrogens is 701 g/mol. The van der Waals surface area contributed by atoms with E-state index >= 15 is 0 Å². The van der Waals surface area contributed by atoms with Crippen molar-refractivity contribution in [1.29, 1.82) is 0 Å². The van der Waals surface area contributed by atoms with Crippen molar-refractivity contribution >= 4 is 80.9 Å². The summed E-state index contributed by atoms with van der Waals surface area (Å²) in [7, 11) is 0. The highest BCUT2D eigenvalue weighted by molar-refractivity contribution is 7.25. The molecule has 0 bridgehead atoms. The average molecular weight is 731 g/mol. The molecule has 0 fully saturated rings. The highest BCUT2D eigenvalue weighted by atomic mass is 32.1. The van der Waals surface area contributed by atoms with Crippen molar-refractivity contribution in [3.63, 3.8) is 0 Å². The first-order chi connectivity index (χ1) is 27.7. The van der Waals surface area contributed by atoms with E-state index in [0.29, 0.717) is 17.5 Å². The SMILES string of the molecule is c1ccc(-c2nc(-c3ccc4sc5ccccc5c4c3)nc(-c3cccc4cc(N5c6cc7ccccc7cc6-c6cccc7cccc5c67)ccc34)n2)cc1. The zero-order valence-corrected chi connectivity index (χ0v) is 30.8. The molecule has 0 amide bonds. The minimum absolute atomic E-state index is 0.649. The first kappa shape index (κ1) is 31.2. The molecule has 3 heterocycles. The topological polar surface area (TPSA) is 41.9 Å². The molecule has 0 radical (unpaired) electrons. The second-order valence-corrected chi connectivity index (χ2v) is 15.5. The van der Waals surface area contributed by atoms with E-state index in [1.807, 2.05) is 29.5 Å². The van der Waals surface area contributed by atoms with Crippen molar-refractivity contribution < 1.29 is 0 Å². The van der Waals surface area contributed by atoms with E-state index in [-0.39, 0.29) is 0 Å². The van der Waals surface area contributed by atoms with Crippen molar-refractivity contribution in [2.45, 2.75) is 0 Å². The number of hydrogen-bond acceptors (Lipinski definition) is 5. The van der Waals surface area contributed by atoms with Gasteiger partial charge in [0.25, 0.3) is 0 Å². The number of fused-ring (bicyclic) bond motifs is 7. The van der Waals surface area contributed by atoms with Crippen LogP contribution in [-0.4, -0.2) is 15.0 Å².